The largest absolute Gasteiger partial charge is 0.497 e. The zero-order valence-electron chi connectivity index (χ0n) is 19.9. The summed E-state index contributed by atoms with van der Waals surface area (Å²) in [5.74, 6) is 2.74. The molecule has 0 atom stereocenters. The van der Waals surface area contributed by atoms with Crippen molar-refractivity contribution >= 4 is 29.9 Å². The highest BCUT2D eigenvalue weighted by atomic mass is 127. The first-order valence-corrected chi connectivity index (χ1v) is 11.2. The summed E-state index contributed by atoms with van der Waals surface area (Å²) in [7, 11) is 5.20. The smallest absolute Gasteiger partial charge is 0.194 e. The molecule has 0 amide bonds. The van der Waals surface area contributed by atoms with Crippen LogP contribution in [0.1, 0.15) is 25.3 Å². The number of nitrogens with one attached hydrogen (secondary N) is 1. The van der Waals surface area contributed by atoms with E-state index in [1.807, 2.05) is 12.1 Å². The molecule has 2 heterocycles. The van der Waals surface area contributed by atoms with E-state index in [4.69, 9.17) is 23.9 Å². The lowest BCUT2D eigenvalue weighted by Gasteiger charge is -2.38. The first-order valence-electron chi connectivity index (χ1n) is 11.2. The maximum absolute atomic E-state index is 5.86. The highest BCUT2D eigenvalue weighted by Crippen LogP contribution is 2.26. The monoisotopic (exact) mass is 562 g/mol. The van der Waals surface area contributed by atoms with E-state index in [9.17, 15) is 0 Å². The zero-order chi connectivity index (χ0) is 22.1. The fraction of sp³-hybridized carbons (Fsp3) is 0.696. The Morgan fingerprint density at radius 2 is 1.81 bits per heavy atom. The van der Waals surface area contributed by atoms with Crippen molar-refractivity contribution in [3.05, 3.63) is 23.8 Å². The molecule has 0 spiro atoms. The second kappa shape index (κ2) is 13.4. The van der Waals surface area contributed by atoms with Gasteiger partial charge in [0.1, 0.15) is 11.5 Å². The molecular weight excluding hydrogens is 523 g/mol. The van der Waals surface area contributed by atoms with E-state index in [0.717, 1.165) is 88.3 Å². The third-order valence-corrected chi connectivity index (χ3v) is 6.24. The molecule has 2 aliphatic heterocycles. The third-order valence-electron chi connectivity index (χ3n) is 6.24. The molecule has 0 unspecified atom stereocenters. The molecule has 32 heavy (non-hydrogen) atoms. The van der Waals surface area contributed by atoms with Gasteiger partial charge in [-0.1, -0.05) is 0 Å². The molecule has 2 saturated heterocycles. The topological polar surface area (TPSA) is 67.8 Å². The number of nitrogens with zero attached hydrogens (tertiary/aromatic N) is 3. The summed E-state index contributed by atoms with van der Waals surface area (Å²) in [5, 5.41) is 3.47. The molecule has 0 aromatic heterocycles. The number of aliphatic imine (C=N–C) groups is 1. The molecule has 2 aliphatic rings. The Balaban J connectivity index is 0.00000363. The normalized spacial score (nSPS) is 19.2. The zero-order valence-corrected chi connectivity index (χ0v) is 22.2. The quantitative estimate of drug-likeness (QED) is 0.297. The van der Waals surface area contributed by atoms with E-state index in [1.54, 1.807) is 21.3 Å². The summed E-state index contributed by atoms with van der Waals surface area (Å²) < 4.78 is 22.3. The van der Waals surface area contributed by atoms with E-state index >= 15 is 0 Å². The van der Waals surface area contributed by atoms with Gasteiger partial charge in [-0.3, -0.25) is 9.89 Å². The van der Waals surface area contributed by atoms with Crippen molar-refractivity contribution in [2.45, 2.75) is 31.9 Å². The lowest BCUT2D eigenvalue weighted by molar-refractivity contribution is -0.0829. The van der Waals surface area contributed by atoms with E-state index in [0.29, 0.717) is 6.54 Å². The number of benzene rings is 1. The Hall–Kier alpha value is -1.30. The van der Waals surface area contributed by atoms with Crippen LogP contribution in [-0.2, 0) is 16.0 Å². The SMILES string of the molecule is CCNC(=NCC1(OC)CCOCC1)N1CCN(Cc2cc(OC)ccc2OC)CC1.I. The van der Waals surface area contributed by atoms with Gasteiger partial charge < -0.3 is 29.2 Å². The highest BCUT2D eigenvalue weighted by Gasteiger charge is 2.33. The van der Waals surface area contributed by atoms with Crippen LogP contribution in [0.3, 0.4) is 0 Å². The summed E-state index contributed by atoms with van der Waals surface area (Å²) >= 11 is 0. The first-order chi connectivity index (χ1) is 15.1. The van der Waals surface area contributed by atoms with Gasteiger partial charge in [0, 0.05) is 78.0 Å². The average molecular weight is 562 g/mol. The molecule has 3 rings (SSSR count). The lowest BCUT2D eigenvalue weighted by atomic mass is 9.94. The summed E-state index contributed by atoms with van der Waals surface area (Å²) in [6.45, 7) is 9.75. The van der Waals surface area contributed by atoms with Crippen LogP contribution in [0.4, 0.5) is 0 Å². The van der Waals surface area contributed by atoms with Crippen LogP contribution >= 0.6 is 24.0 Å². The second-order valence-corrected chi connectivity index (χ2v) is 8.11. The molecule has 1 aromatic rings. The van der Waals surface area contributed by atoms with Crippen LogP contribution in [-0.4, -0.2) is 95.2 Å². The van der Waals surface area contributed by atoms with Crippen LogP contribution < -0.4 is 14.8 Å². The summed E-state index contributed by atoms with van der Waals surface area (Å²) in [5.41, 5.74) is 0.946. The van der Waals surface area contributed by atoms with Crippen molar-refractivity contribution in [1.29, 1.82) is 0 Å². The van der Waals surface area contributed by atoms with E-state index in [-0.39, 0.29) is 29.6 Å². The summed E-state index contributed by atoms with van der Waals surface area (Å²) in [6.07, 6.45) is 1.78. The molecule has 0 saturated carbocycles. The minimum absolute atomic E-state index is 0. The van der Waals surface area contributed by atoms with E-state index < -0.39 is 0 Å². The molecule has 1 N–H and O–H groups in total. The Morgan fingerprint density at radius 1 is 1.09 bits per heavy atom. The van der Waals surface area contributed by atoms with Crippen LogP contribution in [0.25, 0.3) is 0 Å². The fourth-order valence-corrected chi connectivity index (χ4v) is 4.18. The van der Waals surface area contributed by atoms with Crippen molar-refractivity contribution in [3.8, 4) is 11.5 Å². The lowest BCUT2D eigenvalue weighted by Crippen LogP contribution is -2.52. The van der Waals surface area contributed by atoms with Gasteiger partial charge in [-0.2, -0.15) is 0 Å². The molecule has 182 valence electrons. The maximum atomic E-state index is 5.86. The minimum atomic E-state index is -0.205. The Labute approximate surface area is 209 Å². The molecule has 0 bridgehead atoms. The number of hydrogen-bond donors (Lipinski definition) is 1. The number of methoxy groups -OCH3 is 3. The number of guanidine groups is 1. The molecule has 9 heteroatoms. The number of piperazine rings is 1. The molecule has 2 fully saturated rings. The van der Waals surface area contributed by atoms with Crippen molar-refractivity contribution in [2.75, 3.05) is 73.8 Å². The fourth-order valence-electron chi connectivity index (χ4n) is 4.18. The molecule has 0 radical (unpaired) electrons. The van der Waals surface area contributed by atoms with E-state index in [2.05, 4.69) is 28.1 Å². The summed E-state index contributed by atoms with van der Waals surface area (Å²) in [6, 6.07) is 5.97. The Bertz CT molecular complexity index is 720. The van der Waals surface area contributed by atoms with Crippen molar-refractivity contribution in [1.82, 2.24) is 15.1 Å². The molecular formula is C23H39IN4O4. The van der Waals surface area contributed by atoms with Gasteiger partial charge in [0.2, 0.25) is 0 Å². The van der Waals surface area contributed by atoms with Gasteiger partial charge in [0.25, 0.3) is 0 Å². The number of halogens is 1. The van der Waals surface area contributed by atoms with Crippen LogP contribution in [0, 0.1) is 0 Å². The molecule has 0 aliphatic carbocycles. The van der Waals surface area contributed by atoms with Crippen LogP contribution in [0.2, 0.25) is 0 Å². The minimum Gasteiger partial charge on any atom is -0.497 e. The van der Waals surface area contributed by atoms with E-state index in [1.165, 1.54) is 0 Å². The number of rotatable bonds is 8. The van der Waals surface area contributed by atoms with Crippen LogP contribution in [0.15, 0.2) is 23.2 Å². The van der Waals surface area contributed by atoms with Gasteiger partial charge in [0.05, 0.1) is 26.4 Å². The van der Waals surface area contributed by atoms with Gasteiger partial charge >= 0.3 is 0 Å². The van der Waals surface area contributed by atoms with Crippen LogP contribution in [0.5, 0.6) is 11.5 Å². The second-order valence-electron chi connectivity index (χ2n) is 8.11. The van der Waals surface area contributed by atoms with Gasteiger partial charge in [0.15, 0.2) is 5.96 Å². The van der Waals surface area contributed by atoms with Crippen molar-refractivity contribution in [3.63, 3.8) is 0 Å². The molecule has 1 aromatic carbocycles. The Morgan fingerprint density at radius 3 is 2.41 bits per heavy atom. The highest BCUT2D eigenvalue weighted by molar-refractivity contribution is 14.0. The first kappa shape index (κ1) is 26.9. The molecule has 8 nitrogen and oxygen atoms in total. The predicted octanol–water partition coefficient (Wildman–Crippen LogP) is 2.60. The Kier molecular flexibility index (Phi) is 11.3. The predicted molar refractivity (Wildman–Crippen MR) is 138 cm³/mol. The maximum Gasteiger partial charge on any atom is 0.194 e. The van der Waals surface area contributed by atoms with Crippen molar-refractivity contribution in [2.24, 2.45) is 4.99 Å². The van der Waals surface area contributed by atoms with Crippen molar-refractivity contribution < 1.29 is 18.9 Å². The third kappa shape index (κ3) is 7.10. The number of ether oxygens (including phenoxy) is 4. The average Bonchev–Trinajstić information content (AvgIpc) is 2.83. The van der Waals surface area contributed by atoms with Gasteiger partial charge in [-0.25, -0.2) is 0 Å². The van der Waals surface area contributed by atoms with Gasteiger partial charge in [-0.15, -0.1) is 24.0 Å². The standard InChI is InChI=1S/C23H38N4O4.HI/c1-5-24-22(25-18-23(30-4)8-14-31-15-9-23)27-12-10-26(11-13-27)17-19-16-20(28-2)6-7-21(19)29-3;/h6-7,16H,5,8-15,17-18H2,1-4H3,(H,24,25);1H. The van der Waals surface area contributed by atoms with Gasteiger partial charge in [-0.05, 0) is 25.1 Å². The number of hydrogen-bond acceptors (Lipinski definition) is 6. The summed E-state index contributed by atoms with van der Waals surface area (Å²) in [4.78, 5) is 9.76.